The molecule has 0 radical (unpaired) electrons. The minimum atomic E-state index is -0.128. The molecule has 3 aromatic rings. The second-order valence-corrected chi connectivity index (χ2v) is 9.34. The summed E-state index contributed by atoms with van der Waals surface area (Å²) >= 11 is 6.10. The maximum Gasteiger partial charge on any atom is 0.257 e. The molecule has 1 saturated heterocycles. The van der Waals surface area contributed by atoms with Gasteiger partial charge in [-0.3, -0.25) is 9.59 Å². The fraction of sp³-hybridized carbons (Fsp3) is 0.286. The third-order valence-corrected chi connectivity index (χ3v) is 6.52. The van der Waals surface area contributed by atoms with E-state index in [1.165, 1.54) is 5.56 Å². The van der Waals surface area contributed by atoms with E-state index in [4.69, 9.17) is 16.3 Å². The molecule has 0 bridgehead atoms. The Morgan fingerprint density at radius 1 is 0.914 bits per heavy atom. The SMILES string of the molecule is COc1ccc(Cl)cc1C(=O)N1CCN(c2ccc(NC(=O)c3ccc(C(C)C)cc3)cc2)CC1. The lowest BCUT2D eigenvalue weighted by Crippen LogP contribution is -2.48. The van der Waals surface area contributed by atoms with Gasteiger partial charge in [0, 0.05) is 48.1 Å². The van der Waals surface area contributed by atoms with Gasteiger partial charge in [-0.05, 0) is 66.1 Å². The van der Waals surface area contributed by atoms with E-state index < -0.39 is 0 Å². The third-order valence-electron chi connectivity index (χ3n) is 6.29. The minimum absolute atomic E-state index is 0.0801. The summed E-state index contributed by atoms with van der Waals surface area (Å²) in [4.78, 5) is 29.7. The molecule has 0 aromatic heterocycles. The molecule has 1 aliphatic heterocycles. The predicted octanol–water partition coefficient (Wildman–Crippen LogP) is 5.69. The average Bonchev–Trinajstić information content (AvgIpc) is 2.89. The summed E-state index contributed by atoms with van der Waals surface area (Å²) in [6.45, 7) is 6.87. The number of halogens is 1. The van der Waals surface area contributed by atoms with Crippen molar-refractivity contribution in [2.75, 3.05) is 43.5 Å². The van der Waals surface area contributed by atoms with E-state index in [0.717, 1.165) is 11.4 Å². The highest BCUT2D eigenvalue weighted by molar-refractivity contribution is 6.31. The zero-order valence-electron chi connectivity index (χ0n) is 20.3. The van der Waals surface area contributed by atoms with E-state index in [2.05, 4.69) is 24.1 Å². The second kappa shape index (κ2) is 10.8. The lowest BCUT2D eigenvalue weighted by molar-refractivity contribution is 0.0743. The van der Waals surface area contributed by atoms with E-state index in [-0.39, 0.29) is 11.8 Å². The normalized spacial score (nSPS) is 13.6. The maximum absolute atomic E-state index is 13.0. The van der Waals surface area contributed by atoms with Crippen LogP contribution >= 0.6 is 11.6 Å². The number of piperazine rings is 1. The highest BCUT2D eigenvalue weighted by Gasteiger charge is 2.24. The lowest BCUT2D eigenvalue weighted by Gasteiger charge is -2.36. The molecule has 6 nitrogen and oxygen atoms in total. The molecular weight excluding hydrogens is 462 g/mol. The Morgan fingerprint density at radius 3 is 2.17 bits per heavy atom. The summed E-state index contributed by atoms with van der Waals surface area (Å²) in [5.41, 5.74) is 4.12. The van der Waals surface area contributed by atoms with Crippen molar-refractivity contribution in [3.63, 3.8) is 0 Å². The molecule has 1 N–H and O–H groups in total. The van der Waals surface area contributed by atoms with E-state index >= 15 is 0 Å². The highest BCUT2D eigenvalue weighted by atomic mass is 35.5. The monoisotopic (exact) mass is 491 g/mol. The van der Waals surface area contributed by atoms with Crippen molar-refractivity contribution < 1.29 is 14.3 Å². The van der Waals surface area contributed by atoms with Crippen LogP contribution in [-0.2, 0) is 0 Å². The second-order valence-electron chi connectivity index (χ2n) is 8.90. The molecule has 2 amide bonds. The Bertz CT molecular complexity index is 1190. The number of nitrogens with zero attached hydrogens (tertiary/aromatic N) is 2. The number of nitrogens with one attached hydrogen (secondary N) is 1. The largest absolute Gasteiger partial charge is 0.496 e. The number of hydrogen-bond acceptors (Lipinski definition) is 4. The number of rotatable bonds is 6. The first-order valence-electron chi connectivity index (χ1n) is 11.7. The van der Waals surface area contributed by atoms with Crippen molar-refractivity contribution in [2.24, 2.45) is 0 Å². The van der Waals surface area contributed by atoms with Gasteiger partial charge in [-0.25, -0.2) is 0 Å². The molecule has 1 heterocycles. The molecule has 3 aromatic carbocycles. The minimum Gasteiger partial charge on any atom is -0.496 e. The van der Waals surface area contributed by atoms with Gasteiger partial charge in [0.15, 0.2) is 0 Å². The van der Waals surface area contributed by atoms with Crippen LogP contribution in [0.4, 0.5) is 11.4 Å². The van der Waals surface area contributed by atoms with Crippen LogP contribution in [0.5, 0.6) is 5.75 Å². The van der Waals surface area contributed by atoms with E-state index in [0.29, 0.717) is 54.0 Å². The number of anilines is 2. The van der Waals surface area contributed by atoms with E-state index in [9.17, 15) is 9.59 Å². The first-order valence-corrected chi connectivity index (χ1v) is 12.1. The van der Waals surface area contributed by atoms with Crippen molar-refractivity contribution >= 4 is 34.8 Å². The smallest absolute Gasteiger partial charge is 0.257 e. The van der Waals surface area contributed by atoms with E-state index in [1.54, 1.807) is 25.3 Å². The fourth-order valence-electron chi connectivity index (χ4n) is 4.16. The van der Waals surface area contributed by atoms with Gasteiger partial charge in [-0.2, -0.15) is 0 Å². The lowest BCUT2D eigenvalue weighted by atomic mass is 10.0. The van der Waals surface area contributed by atoms with Gasteiger partial charge in [-0.15, -0.1) is 0 Å². The van der Waals surface area contributed by atoms with Gasteiger partial charge in [0.2, 0.25) is 0 Å². The Labute approximate surface area is 211 Å². The Kier molecular flexibility index (Phi) is 7.61. The summed E-state index contributed by atoms with van der Waals surface area (Å²) in [7, 11) is 1.55. The van der Waals surface area contributed by atoms with Gasteiger partial charge < -0.3 is 19.9 Å². The van der Waals surface area contributed by atoms with Crippen LogP contribution in [0.15, 0.2) is 66.7 Å². The van der Waals surface area contributed by atoms with Crippen molar-refractivity contribution in [1.82, 2.24) is 4.90 Å². The summed E-state index contributed by atoms with van der Waals surface area (Å²) in [5, 5.41) is 3.47. The van der Waals surface area contributed by atoms with Crippen molar-refractivity contribution in [3.8, 4) is 5.75 Å². The first kappa shape index (κ1) is 24.6. The molecule has 0 saturated carbocycles. The van der Waals surface area contributed by atoms with Crippen LogP contribution in [0.3, 0.4) is 0 Å². The molecule has 4 rings (SSSR count). The Hall–Kier alpha value is -3.51. The van der Waals surface area contributed by atoms with Crippen LogP contribution in [0, 0.1) is 0 Å². The molecule has 35 heavy (non-hydrogen) atoms. The van der Waals surface area contributed by atoms with Crippen molar-refractivity contribution in [3.05, 3.63) is 88.4 Å². The number of carbonyl (C=O) groups is 2. The first-order chi connectivity index (χ1) is 16.9. The number of methoxy groups -OCH3 is 1. The molecule has 0 spiro atoms. The molecule has 182 valence electrons. The van der Waals surface area contributed by atoms with Crippen LogP contribution in [-0.4, -0.2) is 50.0 Å². The van der Waals surface area contributed by atoms with Crippen LogP contribution in [0.1, 0.15) is 46.0 Å². The predicted molar refractivity (Wildman–Crippen MR) is 141 cm³/mol. The van der Waals surface area contributed by atoms with Gasteiger partial charge >= 0.3 is 0 Å². The third kappa shape index (κ3) is 5.77. The topological polar surface area (TPSA) is 61.9 Å². The van der Waals surface area contributed by atoms with Crippen molar-refractivity contribution in [2.45, 2.75) is 19.8 Å². The van der Waals surface area contributed by atoms with Gasteiger partial charge in [0.25, 0.3) is 11.8 Å². The number of ether oxygens (including phenoxy) is 1. The summed E-state index contributed by atoms with van der Waals surface area (Å²) in [5.74, 6) is 0.745. The molecular formula is C28H30ClN3O3. The molecule has 0 aliphatic carbocycles. The number of amides is 2. The molecule has 0 atom stereocenters. The summed E-state index contributed by atoms with van der Waals surface area (Å²) in [6, 6.07) is 20.6. The van der Waals surface area contributed by atoms with E-state index in [1.807, 2.05) is 53.4 Å². The van der Waals surface area contributed by atoms with Gasteiger partial charge in [-0.1, -0.05) is 37.6 Å². The number of carbonyl (C=O) groups excluding carboxylic acids is 2. The summed E-state index contributed by atoms with van der Waals surface area (Å²) in [6.07, 6.45) is 0. The van der Waals surface area contributed by atoms with Gasteiger partial charge in [0.1, 0.15) is 5.75 Å². The maximum atomic E-state index is 13.0. The highest BCUT2D eigenvalue weighted by Crippen LogP contribution is 2.26. The zero-order valence-corrected chi connectivity index (χ0v) is 21.0. The number of hydrogen-bond donors (Lipinski definition) is 1. The average molecular weight is 492 g/mol. The molecule has 0 unspecified atom stereocenters. The summed E-state index contributed by atoms with van der Waals surface area (Å²) < 4.78 is 5.34. The molecule has 1 fully saturated rings. The van der Waals surface area contributed by atoms with Crippen LogP contribution in [0.25, 0.3) is 0 Å². The van der Waals surface area contributed by atoms with Crippen LogP contribution < -0.4 is 15.0 Å². The van der Waals surface area contributed by atoms with Gasteiger partial charge in [0.05, 0.1) is 12.7 Å². The van der Waals surface area contributed by atoms with Crippen LogP contribution in [0.2, 0.25) is 5.02 Å². The Balaban J connectivity index is 1.34. The van der Waals surface area contributed by atoms with Crippen molar-refractivity contribution in [1.29, 1.82) is 0 Å². The molecule has 1 aliphatic rings. The Morgan fingerprint density at radius 2 is 1.57 bits per heavy atom. The molecule has 7 heteroatoms. The quantitative estimate of drug-likeness (QED) is 0.481. The standard InChI is InChI=1S/C28H30ClN3O3/c1-19(2)20-4-6-21(7-5-20)27(33)30-23-9-11-24(12-10-23)31-14-16-32(17-15-31)28(34)25-18-22(29)8-13-26(25)35-3/h4-13,18-19H,14-17H2,1-3H3,(H,30,33). The number of benzene rings is 3. The fourth-order valence-corrected chi connectivity index (χ4v) is 4.34. The zero-order chi connectivity index (χ0) is 24.9.